The topological polar surface area (TPSA) is 75.1 Å². The maximum Gasteiger partial charge on any atom is 0.274 e. The highest BCUT2D eigenvalue weighted by Crippen LogP contribution is 2.12. The second-order valence-electron chi connectivity index (χ2n) is 4.43. The molecule has 0 atom stereocenters. The second-order valence-corrected chi connectivity index (χ2v) is 5.34. The van der Waals surface area contributed by atoms with Crippen molar-refractivity contribution in [2.75, 3.05) is 5.32 Å². The summed E-state index contributed by atoms with van der Waals surface area (Å²) >= 11 is 3.43. The average Bonchev–Trinajstić information content (AvgIpc) is 2.80. The van der Waals surface area contributed by atoms with Crippen LogP contribution in [0.15, 0.2) is 39.6 Å². The van der Waals surface area contributed by atoms with E-state index in [0.717, 1.165) is 10.0 Å². The van der Waals surface area contributed by atoms with Gasteiger partial charge in [0.1, 0.15) is 0 Å². The molecule has 6 nitrogen and oxygen atoms in total. The molecule has 0 radical (unpaired) electrons. The highest BCUT2D eigenvalue weighted by molar-refractivity contribution is 9.10. The summed E-state index contributed by atoms with van der Waals surface area (Å²) in [6.45, 7) is 2.37. The summed E-state index contributed by atoms with van der Waals surface area (Å²) in [5.41, 5.74) is 1.59. The van der Waals surface area contributed by atoms with Gasteiger partial charge in [-0.1, -0.05) is 28.1 Å². The fraction of sp³-hybridized carbons (Fsp3) is 0.154. The van der Waals surface area contributed by atoms with Crippen molar-refractivity contribution in [2.45, 2.75) is 13.5 Å². The fourth-order valence-electron chi connectivity index (χ4n) is 1.90. The van der Waals surface area contributed by atoms with E-state index in [9.17, 15) is 4.79 Å². The molecule has 0 amide bonds. The summed E-state index contributed by atoms with van der Waals surface area (Å²) in [4.78, 5) is 20.2. The minimum absolute atomic E-state index is 0.171. The number of hydrogen-bond donors (Lipinski definition) is 2. The lowest BCUT2D eigenvalue weighted by Gasteiger charge is -2.02. The van der Waals surface area contributed by atoms with E-state index >= 15 is 0 Å². The van der Waals surface area contributed by atoms with Crippen molar-refractivity contribution < 1.29 is 0 Å². The Kier molecular flexibility index (Phi) is 3.27. The van der Waals surface area contributed by atoms with Gasteiger partial charge < -0.3 is 5.32 Å². The highest BCUT2D eigenvalue weighted by Gasteiger charge is 2.06. The van der Waals surface area contributed by atoms with Gasteiger partial charge >= 0.3 is 0 Å². The van der Waals surface area contributed by atoms with Gasteiger partial charge in [0, 0.05) is 22.8 Å². The number of anilines is 1. The number of aryl methyl sites for hydroxylation is 1. The molecule has 0 saturated heterocycles. The van der Waals surface area contributed by atoms with Crippen LogP contribution < -0.4 is 10.9 Å². The zero-order valence-electron chi connectivity index (χ0n) is 10.7. The number of hydrogen-bond acceptors (Lipinski definition) is 4. The maximum atomic E-state index is 11.7. The van der Waals surface area contributed by atoms with Crippen molar-refractivity contribution >= 4 is 27.7 Å². The first-order valence-electron chi connectivity index (χ1n) is 6.06. The zero-order valence-corrected chi connectivity index (χ0v) is 12.3. The van der Waals surface area contributed by atoms with Crippen LogP contribution in [0, 0.1) is 6.92 Å². The SMILES string of the molecule is Cc1cc(=O)n2[nH]c(NCc3cccc(Br)c3)nc2n1. The molecule has 0 saturated carbocycles. The smallest absolute Gasteiger partial charge is 0.274 e. The summed E-state index contributed by atoms with van der Waals surface area (Å²) < 4.78 is 2.34. The number of nitrogens with zero attached hydrogens (tertiary/aromatic N) is 3. The van der Waals surface area contributed by atoms with Crippen molar-refractivity contribution in [3.8, 4) is 0 Å². The van der Waals surface area contributed by atoms with Gasteiger partial charge in [0.05, 0.1) is 0 Å². The Morgan fingerprint density at radius 3 is 3.00 bits per heavy atom. The number of fused-ring (bicyclic) bond motifs is 1. The lowest BCUT2D eigenvalue weighted by atomic mass is 10.2. The predicted molar refractivity (Wildman–Crippen MR) is 79.8 cm³/mol. The monoisotopic (exact) mass is 333 g/mol. The Labute approximate surface area is 123 Å². The lowest BCUT2D eigenvalue weighted by molar-refractivity contribution is 0.886. The van der Waals surface area contributed by atoms with Crippen LogP contribution in [0.25, 0.3) is 5.78 Å². The molecular weight excluding hydrogens is 322 g/mol. The number of H-pyrrole nitrogens is 1. The van der Waals surface area contributed by atoms with Crippen LogP contribution >= 0.6 is 15.9 Å². The van der Waals surface area contributed by atoms with Gasteiger partial charge in [-0.25, -0.2) is 4.98 Å². The molecule has 0 aliphatic rings. The summed E-state index contributed by atoms with van der Waals surface area (Å²) in [7, 11) is 0. The average molecular weight is 334 g/mol. The summed E-state index contributed by atoms with van der Waals surface area (Å²) in [5, 5.41) is 6.02. The van der Waals surface area contributed by atoms with E-state index in [-0.39, 0.29) is 5.56 Å². The van der Waals surface area contributed by atoms with Crippen molar-refractivity contribution in [2.24, 2.45) is 0 Å². The molecule has 2 heterocycles. The molecule has 0 fully saturated rings. The summed E-state index contributed by atoms with van der Waals surface area (Å²) in [5.74, 6) is 0.881. The number of benzene rings is 1. The van der Waals surface area contributed by atoms with Gasteiger partial charge in [-0.15, -0.1) is 0 Å². The lowest BCUT2D eigenvalue weighted by Crippen LogP contribution is -2.14. The Hall–Kier alpha value is -2.15. The molecule has 0 aliphatic carbocycles. The Morgan fingerprint density at radius 1 is 1.35 bits per heavy atom. The number of halogens is 1. The Bertz CT molecular complexity index is 823. The molecule has 1 aromatic carbocycles. The third kappa shape index (κ3) is 2.57. The van der Waals surface area contributed by atoms with Crippen LogP contribution in [0.3, 0.4) is 0 Å². The molecule has 2 aromatic heterocycles. The van der Waals surface area contributed by atoms with Crippen molar-refractivity contribution in [1.29, 1.82) is 0 Å². The number of aromatic amines is 1. The minimum atomic E-state index is -0.171. The zero-order chi connectivity index (χ0) is 14.1. The first-order chi connectivity index (χ1) is 9.61. The summed E-state index contributed by atoms with van der Waals surface area (Å²) in [6.07, 6.45) is 0. The first-order valence-corrected chi connectivity index (χ1v) is 6.86. The quantitative estimate of drug-likeness (QED) is 0.769. The molecule has 20 heavy (non-hydrogen) atoms. The van der Waals surface area contributed by atoms with E-state index in [1.165, 1.54) is 10.6 Å². The Balaban J connectivity index is 1.85. The third-order valence-electron chi connectivity index (χ3n) is 2.81. The normalized spacial score (nSPS) is 10.9. The molecule has 7 heteroatoms. The number of rotatable bonds is 3. The van der Waals surface area contributed by atoms with E-state index in [4.69, 9.17) is 0 Å². The van der Waals surface area contributed by atoms with Gasteiger partial charge in [0.25, 0.3) is 11.3 Å². The predicted octanol–water partition coefficient (Wildman–Crippen LogP) is 2.10. The van der Waals surface area contributed by atoms with Crippen molar-refractivity contribution in [1.82, 2.24) is 19.6 Å². The van der Waals surface area contributed by atoms with Crippen LogP contribution in [0.4, 0.5) is 5.95 Å². The van der Waals surface area contributed by atoms with Gasteiger partial charge in [-0.3, -0.25) is 9.89 Å². The maximum absolute atomic E-state index is 11.7. The van der Waals surface area contributed by atoms with E-state index < -0.39 is 0 Å². The Morgan fingerprint density at radius 2 is 2.20 bits per heavy atom. The van der Waals surface area contributed by atoms with Crippen LogP contribution in [0.5, 0.6) is 0 Å². The van der Waals surface area contributed by atoms with Gasteiger partial charge in [-0.05, 0) is 24.6 Å². The molecule has 0 spiro atoms. The minimum Gasteiger partial charge on any atom is -0.351 e. The molecule has 102 valence electrons. The molecule has 0 aliphatic heterocycles. The molecule has 0 bridgehead atoms. The summed E-state index contributed by atoms with van der Waals surface area (Å²) in [6, 6.07) is 9.43. The van der Waals surface area contributed by atoms with Crippen LogP contribution in [-0.4, -0.2) is 19.6 Å². The third-order valence-corrected chi connectivity index (χ3v) is 3.30. The van der Waals surface area contributed by atoms with Gasteiger partial charge in [0.2, 0.25) is 5.95 Å². The second kappa shape index (κ2) is 5.09. The van der Waals surface area contributed by atoms with E-state index in [1.54, 1.807) is 6.92 Å². The van der Waals surface area contributed by atoms with Crippen LogP contribution in [0.2, 0.25) is 0 Å². The number of nitrogens with one attached hydrogen (secondary N) is 2. The molecule has 0 unspecified atom stereocenters. The van der Waals surface area contributed by atoms with E-state index in [0.29, 0.717) is 24.0 Å². The van der Waals surface area contributed by atoms with E-state index in [2.05, 4.69) is 36.3 Å². The fourth-order valence-corrected chi connectivity index (χ4v) is 2.35. The molecule has 3 aromatic rings. The molecule has 3 rings (SSSR count). The van der Waals surface area contributed by atoms with Gasteiger partial charge in [0.15, 0.2) is 0 Å². The van der Waals surface area contributed by atoms with Gasteiger partial charge in [-0.2, -0.15) is 9.50 Å². The van der Waals surface area contributed by atoms with Crippen LogP contribution in [-0.2, 0) is 6.54 Å². The number of aromatic nitrogens is 4. The van der Waals surface area contributed by atoms with Crippen molar-refractivity contribution in [3.63, 3.8) is 0 Å². The molecular formula is C13H12BrN5O. The van der Waals surface area contributed by atoms with Crippen molar-refractivity contribution in [3.05, 3.63) is 56.4 Å². The van der Waals surface area contributed by atoms with E-state index in [1.807, 2.05) is 24.3 Å². The molecule has 2 N–H and O–H groups in total. The first kappa shape index (κ1) is 12.9. The van der Waals surface area contributed by atoms with Crippen LogP contribution in [0.1, 0.15) is 11.3 Å². The standard InChI is InChI=1S/C13H12BrN5O/c1-8-5-11(20)19-13(16-8)17-12(18-19)15-7-9-3-2-4-10(14)6-9/h2-6H,7H2,1H3,(H2,15,16,17,18). The largest absolute Gasteiger partial charge is 0.351 e. The highest BCUT2D eigenvalue weighted by atomic mass is 79.9.